The quantitative estimate of drug-likeness (QED) is 0.631. The molecule has 0 radical (unpaired) electrons. The largest absolute Gasteiger partial charge is 0.352 e. The number of piperazine rings is 1. The van der Waals surface area contributed by atoms with Crippen molar-refractivity contribution in [3.63, 3.8) is 0 Å². The van der Waals surface area contributed by atoms with Crippen LogP contribution < -0.4 is 10.2 Å². The van der Waals surface area contributed by atoms with Crippen molar-refractivity contribution in [2.24, 2.45) is 0 Å². The Bertz CT molecular complexity index is 1090. The van der Waals surface area contributed by atoms with Gasteiger partial charge in [0.2, 0.25) is 0 Å². The van der Waals surface area contributed by atoms with Crippen LogP contribution in [0.3, 0.4) is 0 Å². The van der Waals surface area contributed by atoms with Crippen LogP contribution in [0.5, 0.6) is 0 Å². The monoisotopic (exact) mass is 428 g/mol. The molecule has 0 bridgehead atoms. The molecule has 4 heterocycles. The zero-order chi connectivity index (χ0) is 21.1. The molecule has 1 fully saturated rings. The lowest BCUT2D eigenvalue weighted by Gasteiger charge is -2.33. The highest BCUT2D eigenvalue weighted by Gasteiger charge is 2.31. The normalized spacial score (nSPS) is 15.3. The van der Waals surface area contributed by atoms with Crippen molar-refractivity contribution in [3.8, 4) is 0 Å². The summed E-state index contributed by atoms with van der Waals surface area (Å²) in [6.07, 6.45) is 3.31. The van der Waals surface area contributed by atoms with E-state index in [1.165, 1.54) is 4.31 Å². The summed E-state index contributed by atoms with van der Waals surface area (Å²) < 4.78 is 29.2. The van der Waals surface area contributed by atoms with Crippen LogP contribution >= 0.6 is 0 Å². The molecule has 0 saturated carbocycles. The number of nitrogens with zero attached hydrogens (tertiary/aromatic N) is 7. The van der Waals surface area contributed by atoms with Crippen LogP contribution in [0.1, 0.15) is 12.7 Å². The minimum absolute atomic E-state index is 0.111. The fourth-order valence-corrected chi connectivity index (χ4v) is 4.76. The first kappa shape index (κ1) is 20.2. The molecule has 3 aromatic rings. The van der Waals surface area contributed by atoms with Crippen molar-refractivity contribution < 1.29 is 8.42 Å². The molecule has 11 heteroatoms. The molecule has 158 valence electrons. The number of hydrogen-bond donors (Lipinski definition) is 1. The third-order valence-corrected chi connectivity index (χ3v) is 6.80. The Morgan fingerprint density at radius 1 is 1.03 bits per heavy atom. The van der Waals surface area contributed by atoms with E-state index in [-0.39, 0.29) is 5.03 Å². The number of hydrogen-bond acceptors (Lipinski definition) is 8. The Morgan fingerprint density at radius 2 is 1.83 bits per heavy atom. The molecule has 0 atom stereocenters. The zero-order valence-corrected chi connectivity index (χ0v) is 17.7. The minimum Gasteiger partial charge on any atom is -0.352 e. The number of pyridine rings is 1. The van der Waals surface area contributed by atoms with E-state index in [0.717, 1.165) is 0 Å². The van der Waals surface area contributed by atoms with Crippen LogP contribution in [0.2, 0.25) is 0 Å². The fraction of sp³-hybridized carbons (Fsp3) is 0.368. The molecule has 10 nitrogen and oxygen atoms in total. The summed E-state index contributed by atoms with van der Waals surface area (Å²) >= 11 is 0. The first-order valence-corrected chi connectivity index (χ1v) is 11.2. The lowest BCUT2D eigenvalue weighted by molar-refractivity contribution is 0.382. The lowest BCUT2D eigenvalue weighted by atomic mass is 10.3. The van der Waals surface area contributed by atoms with Crippen molar-refractivity contribution >= 4 is 27.5 Å². The molecular weight excluding hydrogens is 404 g/mol. The molecule has 4 rings (SSSR count). The van der Waals surface area contributed by atoms with Crippen LogP contribution in [0, 0.1) is 6.92 Å². The summed E-state index contributed by atoms with van der Waals surface area (Å²) in [5.41, 5.74) is 0. The van der Waals surface area contributed by atoms with E-state index in [2.05, 4.69) is 25.5 Å². The number of aromatic nitrogens is 5. The van der Waals surface area contributed by atoms with Gasteiger partial charge in [0.25, 0.3) is 10.0 Å². The van der Waals surface area contributed by atoms with E-state index in [1.54, 1.807) is 12.4 Å². The molecule has 1 N–H and O–H groups in total. The molecule has 0 spiro atoms. The highest BCUT2D eigenvalue weighted by Crippen LogP contribution is 2.20. The van der Waals surface area contributed by atoms with E-state index in [9.17, 15) is 8.42 Å². The summed E-state index contributed by atoms with van der Waals surface area (Å²) in [6, 6.07) is 9.28. The van der Waals surface area contributed by atoms with Gasteiger partial charge in [-0.3, -0.25) is 0 Å². The summed E-state index contributed by atoms with van der Waals surface area (Å²) in [7, 11) is -3.60. The molecule has 1 aliphatic heterocycles. The molecule has 1 saturated heterocycles. The van der Waals surface area contributed by atoms with E-state index >= 15 is 0 Å². The molecule has 0 amide bonds. The van der Waals surface area contributed by atoms with Crippen LogP contribution in [0.15, 0.2) is 47.8 Å². The van der Waals surface area contributed by atoms with Gasteiger partial charge in [0, 0.05) is 45.1 Å². The molecule has 0 unspecified atom stereocenters. The third kappa shape index (κ3) is 4.12. The van der Waals surface area contributed by atoms with Crippen molar-refractivity contribution in [2.45, 2.75) is 25.4 Å². The van der Waals surface area contributed by atoms with Crippen molar-refractivity contribution in [1.29, 1.82) is 0 Å². The highest BCUT2D eigenvalue weighted by molar-refractivity contribution is 7.89. The third-order valence-electron chi connectivity index (χ3n) is 5.03. The first-order chi connectivity index (χ1) is 14.5. The second-order valence-electron chi connectivity index (χ2n) is 6.92. The second-order valence-corrected chi connectivity index (χ2v) is 8.81. The molecule has 1 aliphatic rings. The number of sulfonamides is 1. The van der Waals surface area contributed by atoms with Crippen molar-refractivity contribution in [3.05, 3.63) is 48.5 Å². The Balaban J connectivity index is 1.39. The van der Waals surface area contributed by atoms with Crippen LogP contribution in [0.4, 0.5) is 17.5 Å². The first-order valence-electron chi connectivity index (χ1n) is 9.78. The average molecular weight is 429 g/mol. The number of nitrogens with one attached hydrogen (secondary N) is 1. The smallest absolute Gasteiger partial charge is 0.262 e. The average Bonchev–Trinajstić information content (AvgIpc) is 3.17. The summed E-state index contributed by atoms with van der Waals surface area (Å²) in [6.45, 7) is 6.27. The Labute approximate surface area is 175 Å². The standard InChI is InChI=1S/C19H24N8O2S/c1-3-25-14-19(21-15(25)2)30(28,29)27-12-10-26(11-13-27)18-8-7-17(23-24-18)22-16-6-4-5-9-20-16/h4-9,14H,3,10-13H2,1-2H3,(H,20,22,23). The van der Waals surface area contributed by atoms with E-state index < -0.39 is 10.0 Å². The fourth-order valence-electron chi connectivity index (χ4n) is 3.34. The Hall–Kier alpha value is -3.05. The van der Waals surface area contributed by atoms with Crippen molar-refractivity contribution in [1.82, 2.24) is 29.0 Å². The van der Waals surface area contributed by atoms with Gasteiger partial charge in [0.1, 0.15) is 11.6 Å². The number of imidazole rings is 1. The van der Waals surface area contributed by atoms with E-state index in [0.29, 0.717) is 56.0 Å². The van der Waals surface area contributed by atoms with Gasteiger partial charge in [-0.25, -0.2) is 18.4 Å². The summed E-state index contributed by atoms with van der Waals surface area (Å²) in [5.74, 6) is 2.70. The van der Waals surface area contributed by atoms with Crippen LogP contribution in [-0.2, 0) is 16.6 Å². The lowest BCUT2D eigenvalue weighted by Crippen LogP contribution is -2.49. The van der Waals surface area contributed by atoms with Crippen molar-refractivity contribution in [2.75, 3.05) is 36.4 Å². The maximum Gasteiger partial charge on any atom is 0.262 e. The number of anilines is 3. The Kier molecular flexibility index (Phi) is 5.64. The van der Waals surface area contributed by atoms with E-state index in [4.69, 9.17) is 0 Å². The van der Waals surface area contributed by atoms with Gasteiger partial charge in [-0.2, -0.15) is 4.31 Å². The molecule has 0 aliphatic carbocycles. The molecular formula is C19H24N8O2S. The zero-order valence-electron chi connectivity index (χ0n) is 16.9. The van der Waals surface area contributed by atoms with Crippen LogP contribution in [-0.4, -0.2) is 63.6 Å². The van der Waals surface area contributed by atoms with Gasteiger partial charge in [0.05, 0.1) is 0 Å². The second kappa shape index (κ2) is 8.36. The SMILES string of the molecule is CCn1cc(S(=O)(=O)N2CCN(c3ccc(Nc4ccccn4)nn3)CC2)nc1C. The predicted octanol–water partition coefficient (Wildman–Crippen LogP) is 1.65. The number of rotatable bonds is 6. The van der Waals surface area contributed by atoms with Gasteiger partial charge in [-0.1, -0.05) is 6.07 Å². The van der Waals surface area contributed by atoms with Crippen LogP contribution in [0.25, 0.3) is 0 Å². The minimum atomic E-state index is -3.60. The molecule has 3 aromatic heterocycles. The van der Waals surface area contributed by atoms with Gasteiger partial charge >= 0.3 is 0 Å². The predicted molar refractivity (Wildman–Crippen MR) is 113 cm³/mol. The highest BCUT2D eigenvalue weighted by atomic mass is 32.2. The van der Waals surface area contributed by atoms with Gasteiger partial charge < -0.3 is 14.8 Å². The maximum absolute atomic E-state index is 12.9. The summed E-state index contributed by atoms with van der Waals surface area (Å²) in [5, 5.41) is 11.7. The van der Waals surface area contributed by atoms with Gasteiger partial charge in [-0.05, 0) is 38.1 Å². The topological polar surface area (TPSA) is 109 Å². The molecule has 0 aromatic carbocycles. The van der Waals surface area contributed by atoms with E-state index in [1.807, 2.05) is 53.6 Å². The maximum atomic E-state index is 12.9. The summed E-state index contributed by atoms with van der Waals surface area (Å²) in [4.78, 5) is 10.5. The Morgan fingerprint density at radius 3 is 2.43 bits per heavy atom. The molecule has 30 heavy (non-hydrogen) atoms. The number of aryl methyl sites for hydroxylation is 2. The van der Waals surface area contributed by atoms with Gasteiger partial charge in [-0.15, -0.1) is 10.2 Å². The van der Waals surface area contributed by atoms with Gasteiger partial charge in [0.15, 0.2) is 16.7 Å².